The van der Waals surface area contributed by atoms with Crippen LogP contribution in [0.1, 0.15) is 51.0 Å². The fourth-order valence-electron chi connectivity index (χ4n) is 3.58. The average Bonchev–Trinajstić information content (AvgIpc) is 3.08. The molecule has 2 heterocycles. The summed E-state index contributed by atoms with van der Waals surface area (Å²) < 4.78 is 27.8. The van der Waals surface area contributed by atoms with Gasteiger partial charge in [-0.3, -0.25) is 9.63 Å². The Morgan fingerprint density at radius 1 is 1.22 bits per heavy atom. The van der Waals surface area contributed by atoms with E-state index in [0.29, 0.717) is 17.8 Å². The third-order valence-electron chi connectivity index (χ3n) is 5.31. The minimum Gasteiger partial charge on any atom is -0.505 e. The zero-order valence-electron chi connectivity index (χ0n) is 18.5. The summed E-state index contributed by atoms with van der Waals surface area (Å²) >= 11 is 1.24. The van der Waals surface area contributed by atoms with E-state index in [1.54, 1.807) is 25.3 Å². The van der Waals surface area contributed by atoms with Gasteiger partial charge in [0, 0.05) is 17.5 Å². The lowest BCUT2D eigenvalue weighted by atomic mass is 10.1. The van der Waals surface area contributed by atoms with Crippen molar-refractivity contribution in [3.8, 4) is 0 Å². The predicted octanol–water partition coefficient (Wildman–Crippen LogP) is 3.50. The van der Waals surface area contributed by atoms with Crippen LogP contribution in [0.3, 0.4) is 0 Å². The third kappa shape index (κ3) is 6.43. The van der Waals surface area contributed by atoms with Crippen LogP contribution in [0.25, 0.3) is 5.76 Å². The zero-order chi connectivity index (χ0) is 23.1. The molecule has 176 valence electrons. The van der Waals surface area contributed by atoms with E-state index in [4.69, 9.17) is 4.84 Å². The first-order chi connectivity index (χ1) is 15.3. The van der Waals surface area contributed by atoms with Crippen molar-refractivity contribution in [1.29, 1.82) is 0 Å². The molecule has 0 saturated carbocycles. The number of aliphatic hydroxyl groups excluding tert-OH is 1. The highest BCUT2D eigenvalue weighted by molar-refractivity contribution is 7.97. The molecule has 3 N–H and O–H groups in total. The standard InChI is InChI=1S/C22H31N3O5S2/c1-3-4-5-6-7-10-13-32(28,29)15-16-14-19(25(2)30-16)23-22(27)20-21(26)17-11-8-9-12-18(17)31-24-20/h8-9,11-12,14,16,24,26H,3-7,10,13,15H2,1-2H3,(H,23,27). The summed E-state index contributed by atoms with van der Waals surface area (Å²) in [6, 6.07) is 7.21. The number of benzene rings is 1. The number of nitrogens with zero attached hydrogens (tertiary/aromatic N) is 1. The number of hydrogen-bond donors (Lipinski definition) is 3. The van der Waals surface area contributed by atoms with Crippen LogP contribution in [0, 0.1) is 0 Å². The Balaban J connectivity index is 1.56. The lowest BCUT2D eigenvalue weighted by molar-refractivity contribution is -0.126. The largest absolute Gasteiger partial charge is 0.505 e. The number of unbranched alkanes of at least 4 members (excludes halogenated alkanes) is 5. The summed E-state index contributed by atoms with van der Waals surface area (Å²) in [6.45, 7) is 2.15. The van der Waals surface area contributed by atoms with E-state index in [1.807, 2.05) is 12.1 Å². The number of nitrogens with one attached hydrogen (secondary N) is 2. The van der Waals surface area contributed by atoms with Gasteiger partial charge < -0.3 is 15.1 Å². The molecule has 1 atom stereocenters. The Morgan fingerprint density at radius 3 is 2.72 bits per heavy atom. The number of hydrogen-bond acceptors (Lipinski definition) is 8. The number of carbonyl (C=O) groups excluding carboxylic acids is 1. The quantitative estimate of drug-likeness (QED) is 0.326. The normalized spacial score (nSPS) is 18.2. The maximum absolute atomic E-state index is 12.7. The first-order valence-electron chi connectivity index (χ1n) is 10.9. The molecule has 1 aromatic carbocycles. The summed E-state index contributed by atoms with van der Waals surface area (Å²) in [7, 11) is -1.67. The van der Waals surface area contributed by atoms with Crippen LogP contribution in [-0.4, -0.2) is 49.2 Å². The van der Waals surface area contributed by atoms with Gasteiger partial charge in [-0.25, -0.2) is 13.5 Å². The molecule has 2 aliphatic rings. The number of hydroxylamine groups is 2. The van der Waals surface area contributed by atoms with Crippen LogP contribution < -0.4 is 10.0 Å². The van der Waals surface area contributed by atoms with Crippen LogP contribution in [0.15, 0.2) is 46.8 Å². The molecule has 3 rings (SSSR count). The molecule has 32 heavy (non-hydrogen) atoms. The van der Waals surface area contributed by atoms with Gasteiger partial charge in [0.15, 0.2) is 21.3 Å². The molecular formula is C22H31N3O5S2. The highest BCUT2D eigenvalue weighted by Gasteiger charge is 2.30. The summed E-state index contributed by atoms with van der Waals surface area (Å²) in [6.07, 6.45) is 7.02. The molecule has 1 unspecified atom stereocenters. The Labute approximate surface area is 194 Å². The van der Waals surface area contributed by atoms with Crippen molar-refractivity contribution < 1.29 is 23.2 Å². The first kappa shape index (κ1) is 24.5. The summed E-state index contributed by atoms with van der Waals surface area (Å²) in [4.78, 5) is 19.1. The van der Waals surface area contributed by atoms with E-state index in [0.717, 1.165) is 30.6 Å². The van der Waals surface area contributed by atoms with E-state index in [-0.39, 0.29) is 23.0 Å². The third-order valence-corrected chi connectivity index (χ3v) is 7.94. The van der Waals surface area contributed by atoms with Crippen LogP contribution in [-0.2, 0) is 19.5 Å². The summed E-state index contributed by atoms with van der Waals surface area (Å²) in [5.74, 6) is -0.347. The maximum atomic E-state index is 12.7. The number of aliphatic hydroxyl groups is 1. The Hall–Kier alpha value is -2.17. The molecule has 2 aliphatic heterocycles. The van der Waals surface area contributed by atoms with Crippen LogP contribution in [0.4, 0.5) is 0 Å². The van der Waals surface area contributed by atoms with Gasteiger partial charge in [-0.1, -0.05) is 51.2 Å². The first-order valence-corrected chi connectivity index (χ1v) is 13.5. The highest BCUT2D eigenvalue weighted by Crippen LogP contribution is 2.32. The van der Waals surface area contributed by atoms with Gasteiger partial charge in [0.25, 0.3) is 5.91 Å². The van der Waals surface area contributed by atoms with E-state index in [2.05, 4.69) is 17.0 Å². The van der Waals surface area contributed by atoms with Crippen molar-refractivity contribution in [1.82, 2.24) is 15.1 Å². The SMILES string of the molecule is CCCCCCCCS(=O)(=O)CC1C=C(NC(=O)C2=C(O)c3ccccc3SN2)N(C)O1. The molecule has 0 spiro atoms. The molecule has 0 fully saturated rings. The highest BCUT2D eigenvalue weighted by atomic mass is 32.2. The number of carbonyl (C=O) groups is 1. The molecule has 8 nitrogen and oxygen atoms in total. The van der Waals surface area contributed by atoms with Crippen molar-refractivity contribution in [2.45, 2.75) is 56.4 Å². The molecule has 0 radical (unpaired) electrons. The molecule has 0 saturated heterocycles. The van der Waals surface area contributed by atoms with E-state index < -0.39 is 21.8 Å². The molecule has 10 heteroatoms. The molecule has 0 aliphatic carbocycles. The minimum atomic E-state index is -3.27. The van der Waals surface area contributed by atoms with E-state index in [9.17, 15) is 18.3 Å². The molecule has 1 amide bonds. The van der Waals surface area contributed by atoms with Gasteiger partial charge in [0.2, 0.25) is 0 Å². The lowest BCUT2D eigenvalue weighted by Crippen LogP contribution is -2.35. The Bertz CT molecular complexity index is 991. The van der Waals surface area contributed by atoms with Crippen molar-refractivity contribution in [2.75, 3.05) is 18.6 Å². The Morgan fingerprint density at radius 2 is 1.94 bits per heavy atom. The van der Waals surface area contributed by atoms with E-state index in [1.165, 1.54) is 23.4 Å². The average molecular weight is 482 g/mol. The monoisotopic (exact) mass is 481 g/mol. The van der Waals surface area contributed by atoms with Gasteiger partial charge in [-0.05, 0) is 36.6 Å². The topological polar surface area (TPSA) is 108 Å². The van der Waals surface area contributed by atoms with Crippen LogP contribution in [0.5, 0.6) is 0 Å². The second-order valence-electron chi connectivity index (χ2n) is 7.95. The van der Waals surface area contributed by atoms with Crippen molar-refractivity contribution in [2.24, 2.45) is 0 Å². The lowest BCUT2D eigenvalue weighted by Gasteiger charge is -2.21. The Kier molecular flexibility index (Phi) is 8.50. The second kappa shape index (κ2) is 11.1. The predicted molar refractivity (Wildman–Crippen MR) is 126 cm³/mol. The fraction of sp³-hybridized carbons (Fsp3) is 0.500. The number of rotatable bonds is 11. The van der Waals surface area contributed by atoms with Gasteiger partial charge in [-0.15, -0.1) is 0 Å². The summed E-state index contributed by atoms with van der Waals surface area (Å²) in [5.41, 5.74) is 0.604. The van der Waals surface area contributed by atoms with Crippen molar-refractivity contribution in [3.05, 3.63) is 47.4 Å². The molecule has 0 bridgehead atoms. The van der Waals surface area contributed by atoms with Gasteiger partial charge in [0.1, 0.15) is 11.9 Å². The van der Waals surface area contributed by atoms with E-state index >= 15 is 0 Å². The zero-order valence-corrected chi connectivity index (χ0v) is 20.1. The molecule has 1 aromatic rings. The summed E-state index contributed by atoms with van der Waals surface area (Å²) in [5, 5.41) is 14.5. The fourth-order valence-corrected chi connectivity index (χ4v) is 5.87. The smallest absolute Gasteiger partial charge is 0.277 e. The minimum absolute atomic E-state index is 0.0298. The van der Waals surface area contributed by atoms with Gasteiger partial charge in [0.05, 0.1) is 11.5 Å². The van der Waals surface area contributed by atoms with Crippen molar-refractivity contribution >= 4 is 33.5 Å². The number of sulfone groups is 1. The number of fused-ring (bicyclic) bond motifs is 1. The van der Waals surface area contributed by atoms with Crippen LogP contribution in [0.2, 0.25) is 0 Å². The van der Waals surface area contributed by atoms with Crippen LogP contribution >= 0.6 is 11.9 Å². The molecular weight excluding hydrogens is 450 g/mol. The second-order valence-corrected chi connectivity index (χ2v) is 11.0. The number of amides is 1. The molecule has 0 aromatic heterocycles. The van der Waals surface area contributed by atoms with Gasteiger partial charge in [-0.2, -0.15) is 0 Å². The van der Waals surface area contributed by atoms with Gasteiger partial charge >= 0.3 is 0 Å². The van der Waals surface area contributed by atoms with Crippen molar-refractivity contribution in [3.63, 3.8) is 0 Å². The maximum Gasteiger partial charge on any atom is 0.277 e.